The Bertz CT molecular complexity index is 707. The molecule has 0 amide bonds. The highest BCUT2D eigenvalue weighted by Gasteiger charge is 2.24. The zero-order valence-corrected chi connectivity index (χ0v) is 13.7. The number of morpholine rings is 1. The number of benzene rings is 1. The molecule has 0 aliphatic carbocycles. The number of halogens is 1. The summed E-state index contributed by atoms with van der Waals surface area (Å²) in [5, 5.41) is 8.95. The third kappa shape index (κ3) is 4.25. The van der Waals surface area contributed by atoms with Gasteiger partial charge in [-0.1, -0.05) is 0 Å². The van der Waals surface area contributed by atoms with Crippen LogP contribution >= 0.6 is 0 Å². The van der Waals surface area contributed by atoms with Crippen molar-refractivity contribution in [1.29, 1.82) is 0 Å². The van der Waals surface area contributed by atoms with Crippen LogP contribution in [0.25, 0.3) is 0 Å². The summed E-state index contributed by atoms with van der Waals surface area (Å²) >= 11 is 0. The first kappa shape index (κ1) is 17.8. The summed E-state index contributed by atoms with van der Waals surface area (Å²) in [6.45, 7) is 3.18. The molecule has 1 heterocycles. The zero-order chi connectivity index (χ0) is 17.2. The number of hydrogen-bond donors (Lipinski definition) is 2. The predicted molar refractivity (Wildman–Crippen MR) is 80.5 cm³/mol. The lowest BCUT2D eigenvalue weighted by atomic mass is 10.1. The number of ether oxygens (including phenoxy) is 1. The van der Waals surface area contributed by atoms with E-state index >= 15 is 0 Å². The van der Waals surface area contributed by atoms with Crippen LogP contribution in [-0.4, -0.2) is 63.8 Å². The molecule has 0 bridgehead atoms. The van der Waals surface area contributed by atoms with Crippen molar-refractivity contribution < 1.29 is 27.4 Å². The average Bonchev–Trinajstić information content (AvgIpc) is 2.47. The first-order valence-corrected chi connectivity index (χ1v) is 8.52. The summed E-state index contributed by atoms with van der Waals surface area (Å²) in [4.78, 5) is 12.6. The largest absolute Gasteiger partial charge is 0.478 e. The van der Waals surface area contributed by atoms with Crippen LogP contribution in [0, 0.1) is 12.7 Å². The highest BCUT2D eigenvalue weighted by molar-refractivity contribution is 7.89. The molecule has 128 valence electrons. The summed E-state index contributed by atoms with van der Waals surface area (Å²) < 4.78 is 46.3. The Morgan fingerprint density at radius 1 is 1.52 bits per heavy atom. The highest BCUT2D eigenvalue weighted by atomic mass is 32.2. The molecule has 1 saturated heterocycles. The fraction of sp³-hybridized carbons (Fsp3) is 0.500. The van der Waals surface area contributed by atoms with Crippen LogP contribution in [0.2, 0.25) is 0 Å². The van der Waals surface area contributed by atoms with Gasteiger partial charge in [0.05, 0.1) is 23.2 Å². The van der Waals surface area contributed by atoms with Gasteiger partial charge in [-0.3, -0.25) is 0 Å². The molecule has 1 atom stereocenters. The second kappa shape index (κ2) is 6.91. The maximum absolute atomic E-state index is 13.8. The van der Waals surface area contributed by atoms with Gasteiger partial charge in [-0.05, 0) is 26.1 Å². The summed E-state index contributed by atoms with van der Waals surface area (Å²) in [5.74, 6) is -2.27. The predicted octanol–water partition coefficient (Wildman–Crippen LogP) is 0.441. The van der Waals surface area contributed by atoms with E-state index in [1.807, 2.05) is 11.9 Å². The van der Waals surface area contributed by atoms with E-state index in [2.05, 4.69) is 4.72 Å². The van der Waals surface area contributed by atoms with E-state index < -0.39 is 27.4 Å². The number of carboxylic acids is 1. The number of nitrogens with one attached hydrogen (secondary N) is 1. The number of likely N-dealkylation sites (N-methyl/N-ethyl adjacent to an activating group) is 1. The number of sulfonamides is 1. The van der Waals surface area contributed by atoms with Crippen molar-refractivity contribution in [1.82, 2.24) is 9.62 Å². The molecule has 1 fully saturated rings. The molecule has 23 heavy (non-hydrogen) atoms. The van der Waals surface area contributed by atoms with Gasteiger partial charge in [0.2, 0.25) is 10.0 Å². The average molecular weight is 346 g/mol. The molecule has 7 nitrogen and oxygen atoms in total. The molecule has 0 spiro atoms. The Kier molecular flexibility index (Phi) is 5.35. The first-order valence-electron chi connectivity index (χ1n) is 7.04. The van der Waals surface area contributed by atoms with Gasteiger partial charge < -0.3 is 14.7 Å². The molecule has 1 unspecified atom stereocenters. The van der Waals surface area contributed by atoms with E-state index in [1.165, 1.54) is 6.92 Å². The topological polar surface area (TPSA) is 95.9 Å². The number of nitrogens with zero attached hydrogens (tertiary/aromatic N) is 1. The van der Waals surface area contributed by atoms with Crippen molar-refractivity contribution in [3.05, 3.63) is 29.1 Å². The monoisotopic (exact) mass is 346 g/mol. The van der Waals surface area contributed by atoms with E-state index in [1.54, 1.807) is 0 Å². The number of carbonyl (C=O) groups is 1. The van der Waals surface area contributed by atoms with E-state index in [9.17, 15) is 17.6 Å². The maximum Gasteiger partial charge on any atom is 0.335 e. The van der Waals surface area contributed by atoms with E-state index in [0.29, 0.717) is 13.2 Å². The minimum Gasteiger partial charge on any atom is -0.478 e. The third-order valence-corrected chi connectivity index (χ3v) is 5.23. The van der Waals surface area contributed by atoms with Crippen LogP contribution in [0.4, 0.5) is 4.39 Å². The lowest BCUT2D eigenvalue weighted by molar-refractivity contribution is -0.0156. The quantitative estimate of drug-likeness (QED) is 0.803. The summed E-state index contributed by atoms with van der Waals surface area (Å²) in [5.41, 5.74) is -0.536. The Morgan fingerprint density at radius 3 is 2.83 bits per heavy atom. The molecule has 1 aromatic carbocycles. The molecule has 1 aromatic rings. The molecule has 2 N–H and O–H groups in total. The SMILES string of the molecule is Cc1c(F)cc(C(=O)O)cc1S(=O)(=O)NCC1CN(C)CCO1. The van der Waals surface area contributed by atoms with E-state index in [-0.39, 0.29) is 23.1 Å². The highest BCUT2D eigenvalue weighted by Crippen LogP contribution is 2.21. The van der Waals surface area contributed by atoms with Crippen LogP contribution in [0.3, 0.4) is 0 Å². The third-order valence-electron chi connectivity index (χ3n) is 3.68. The zero-order valence-electron chi connectivity index (χ0n) is 12.9. The smallest absolute Gasteiger partial charge is 0.335 e. The van der Waals surface area contributed by atoms with Crippen molar-refractivity contribution in [2.45, 2.75) is 17.9 Å². The number of aromatic carboxylic acids is 1. The number of carboxylic acid groups (broad SMARTS) is 1. The van der Waals surface area contributed by atoms with Gasteiger partial charge in [0.25, 0.3) is 0 Å². The van der Waals surface area contributed by atoms with Gasteiger partial charge >= 0.3 is 5.97 Å². The summed E-state index contributed by atoms with van der Waals surface area (Å²) in [6.07, 6.45) is -0.309. The molecule has 1 aliphatic heterocycles. The Morgan fingerprint density at radius 2 is 2.22 bits per heavy atom. The van der Waals surface area contributed by atoms with Crippen molar-refractivity contribution >= 4 is 16.0 Å². The van der Waals surface area contributed by atoms with Crippen molar-refractivity contribution in [2.24, 2.45) is 0 Å². The van der Waals surface area contributed by atoms with Crippen LogP contribution < -0.4 is 4.72 Å². The number of hydrogen-bond acceptors (Lipinski definition) is 5. The minimum absolute atomic E-state index is 0.0328. The van der Waals surface area contributed by atoms with Crippen LogP contribution in [0.1, 0.15) is 15.9 Å². The molecule has 9 heteroatoms. The summed E-state index contributed by atoms with van der Waals surface area (Å²) in [6, 6.07) is 1.76. The van der Waals surface area contributed by atoms with E-state index in [4.69, 9.17) is 9.84 Å². The van der Waals surface area contributed by atoms with Gasteiger partial charge in [0.1, 0.15) is 5.82 Å². The standard InChI is InChI=1S/C14H19FN2O5S/c1-9-12(15)5-10(14(18)19)6-13(9)23(20,21)16-7-11-8-17(2)3-4-22-11/h5-6,11,16H,3-4,7-8H2,1-2H3,(H,18,19). The second-order valence-corrected chi connectivity index (χ2v) is 7.23. The molecule has 0 radical (unpaired) electrons. The van der Waals surface area contributed by atoms with Crippen molar-refractivity contribution in [3.63, 3.8) is 0 Å². The Labute approximate surface area is 134 Å². The molecular weight excluding hydrogens is 327 g/mol. The lowest BCUT2D eigenvalue weighted by Crippen LogP contribution is -2.46. The normalized spacial score (nSPS) is 19.7. The lowest BCUT2D eigenvalue weighted by Gasteiger charge is -2.30. The molecular formula is C14H19FN2O5S. The van der Waals surface area contributed by atoms with Crippen molar-refractivity contribution in [2.75, 3.05) is 33.3 Å². The maximum atomic E-state index is 13.8. The van der Waals surface area contributed by atoms with Crippen LogP contribution in [-0.2, 0) is 14.8 Å². The Hall–Kier alpha value is -1.55. The fourth-order valence-electron chi connectivity index (χ4n) is 2.33. The van der Waals surface area contributed by atoms with Gasteiger partial charge in [0, 0.05) is 25.2 Å². The van der Waals surface area contributed by atoms with Gasteiger partial charge in [-0.2, -0.15) is 0 Å². The number of rotatable bonds is 5. The van der Waals surface area contributed by atoms with Gasteiger partial charge in [0.15, 0.2) is 0 Å². The van der Waals surface area contributed by atoms with Crippen LogP contribution in [0.5, 0.6) is 0 Å². The van der Waals surface area contributed by atoms with Gasteiger partial charge in [-0.25, -0.2) is 22.3 Å². The van der Waals surface area contributed by atoms with Crippen LogP contribution in [0.15, 0.2) is 17.0 Å². The molecule has 2 rings (SSSR count). The molecule has 0 saturated carbocycles. The van der Waals surface area contributed by atoms with Crippen molar-refractivity contribution in [3.8, 4) is 0 Å². The molecule has 0 aromatic heterocycles. The molecule has 1 aliphatic rings. The Balaban J connectivity index is 2.20. The first-order chi connectivity index (χ1) is 10.7. The minimum atomic E-state index is -4.04. The van der Waals surface area contributed by atoms with E-state index in [0.717, 1.165) is 18.7 Å². The second-order valence-electron chi connectivity index (χ2n) is 5.49. The summed E-state index contributed by atoms with van der Waals surface area (Å²) in [7, 11) is -2.14. The van der Waals surface area contributed by atoms with Gasteiger partial charge in [-0.15, -0.1) is 0 Å². The fourth-order valence-corrected chi connectivity index (χ4v) is 3.67.